The van der Waals surface area contributed by atoms with Gasteiger partial charge in [-0.15, -0.1) is 0 Å². The quantitative estimate of drug-likeness (QED) is 0.741. The summed E-state index contributed by atoms with van der Waals surface area (Å²) in [6.45, 7) is 9.83. The molecule has 1 heterocycles. The smallest absolute Gasteiger partial charge is 0.172 e. The van der Waals surface area contributed by atoms with E-state index in [0.29, 0.717) is 0 Å². The third-order valence-electron chi connectivity index (χ3n) is 1.85. The highest BCUT2D eigenvalue weighted by atomic mass is 15.2. The van der Waals surface area contributed by atoms with Crippen molar-refractivity contribution in [3.8, 4) is 0 Å². The largest absolute Gasteiger partial charge is 0.379 e. The van der Waals surface area contributed by atoms with Crippen LogP contribution >= 0.6 is 0 Å². The number of allylic oxidation sites excluding steroid dienone is 1. The standard InChI is InChI=1S/C9H16N4/c1-5-6(2)10-7(3)9-11-8(4)12-13-9/h7,10H,2,5H2,1,3-4H3,(H,11,12,13). The maximum atomic E-state index is 4.23. The first-order chi connectivity index (χ1) is 6.13. The lowest BCUT2D eigenvalue weighted by Crippen LogP contribution is -2.18. The molecular formula is C9H16N4. The molecule has 0 saturated heterocycles. The molecule has 1 atom stereocenters. The Bertz CT molecular complexity index is 290. The van der Waals surface area contributed by atoms with Crippen LogP contribution in [0.2, 0.25) is 0 Å². The van der Waals surface area contributed by atoms with Crippen molar-refractivity contribution in [2.75, 3.05) is 0 Å². The van der Waals surface area contributed by atoms with Crippen LogP contribution < -0.4 is 5.32 Å². The molecule has 0 aliphatic rings. The van der Waals surface area contributed by atoms with Crippen LogP contribution in [0.1, 0.15) is 38.0 Å². The van der Waals surface area contributed by atoms with Gasteiger partial charge in [-0.3, -0.25) is 5.10 Å². The van der Waals surface area contributed by atoms with E-state index in [-0.39, 0.29) is 6.04 Å². The van der Waals surface area contributed by atoms with Crippen molar-refractivity contribution in [2.45, 2.75) is 33.2 Å². The maximum absolute atomic E-state index is 4.23. The molecule has 1 aromatic rings. The number of nitrogens with one attached hydrogen (secondary N) is 2. The van der Waals surface area contributed by atoms with Crippen molar-refractivity contribution in [3.05, 3.63) is 23.9 Å². The zero-order valence-corrected chi connectivity index (χ0v) is 8.39. The van der Waals surface area contributed by atoms with Gasteiger partial charge in [0.15, 0.2) is 5.82 Å². The van der Waals surface area contributed by atoms with Crippen molar-refractivity contribution in [3.63, 3.8) is 0 Å². The highest BCUT2D eigenvalue weighted by Crippen LogP contribution is 2.08. The second kappa shape index (κ2) is 4.07. The number of hydrogen-bond donors (Lipinski definition) is 2. The number of aromatic amines is 1. The maximum Gasteiger partial charge on any atom is 0.172 e. The fourth-order valence-electron chi connectivity index (χ4n) is 1.03. The molecule has 2 N–H and O–H groups in total. The molecule has 0 aromatic carbocycles. The lowest BCUT2D eigenvalue weighted by molar-refractivity contribution is 0.603. The molecule has 1 aromatic heterocycles. The molecule has 1 unspecified atom stereocenters. The third-order valence-corrected chi connectivity index (χ3v) is 1.85. The summed E-state index contributed by atoms with van der Waals surface area (Å²) in [6.07, 6.45) is 0.924. The molecule has 0 aliphatic carbocycles. The van der Waals surface area contributed by atoms with Crippen LogP contribution in [0.4, 0.5) is 0 Å². The number of rotatable bonds is 4. The lowest BCUT2D eigenvalue weighted by atomic mass is 10.3. The molecule has 0 aliphatic heterocycles. The zero-order valence-electron chi connectivity index (χ0n) is 8.39. The summed E-state index contributed by atoms with van der Waals surface area (Å²) in [5, 5.41) is 10.1. The van der Waals surface area contributed by atoms with Crippen molar-refractivity contribution in [2.24, 2.45) is 0 Å². The predicted octanol–water partition coefficient (Wildman–Crippen LogP) is 1.69. The van der Waals surface area contributed by atoms with E-state index < -0.39 is 0 Å². The van der Waals surface area contributed by atoms with Crippen LogP contribution in [0.25, 0.3) is 0 Å². The van der Waals surface area contributed by atoms with Gasteiger partial charge in [-0.25, -0.2) is 4.98 Å². The Balaban J connectivity index is 2.58. The summed E-state index contributed by atoms with van der Waals surface area (Å²) in [5.74, 6) is 1.62. The number of nitrogens with zero attached hydrogens (tertiary/aromatic N) is 2. The topological polar surface area (TPSA) is 53.6 Å². The molecule has 13 heavy (non-hydrogen) atoms. The van der Waals surface area contributed by atoms with Gasteiger partial charge in [0.05, 0.1) is 6.04 Å². The number of hydrogen-bond acceptors (Lipinski definition) is 3. The van der Waals surface area contributed by atoms with E-state index in [0.717, 1.165) is 23.8 Å². The van der Waals surface area contributed by atoms with Crippen LogP contribution in [0.15, 0.2) is 12.3 Å². The Labute approximate surface area is 78.5 Å². The average molecular weight is 180 g/mol. The third kappa shape index (κ3) is 2.57. The molecule has 0 fully saturated rings. The van der Waals surface area contributed by atoms with E-state index in [1.807, 2.05) is 13.8 Å². The van der Waals surface area contributed by atoms with Crippen molar-refractivity contribution in [1.82, 2.24) is 20.5 Å². The number of aromatic nitrogens is 3. The molecule has 0 bridgehead atoms. The Morgan fingerprint density at radius 1 is 1.69 bits per heavy atom. The monoisotopic (exact) mass is 180 g/mol. The number of H-pyrrole nitrogens is 1. The Hall–Kier alpha value is -1.32. The summed E-state index contributed by atoms with van der Waals surface area (Å²) in [7, 11) is 0. The molecule has 0 amide bonds. The zero-order chi connectivity index (χ0) is 9.84. The second-order valence-corrected chi connectivity index (χ2v) is 3.10. The van der Waals surface area contributed by atoms with Gasteiger partial charge in [-0.05, 0) is 20.3 Å². The SMILES string of the molecule is C=C(CC)NC(C)c1n[nH]c(C)n1. The van der Waals surface area contributed by atoms with Crippen LogP contribution in [0.5, 0.6) is 0 Å². The summed E-state index contributed by atoms with van der Waals surface area (Å²) >= 11 is 0. The van der Waals surface area contributed by atoms with Crippen LogP contribution in [0.3, 0.4) is 0 Å². The van der Waals surface area contributed by atoms with Gasteiger partial charge in [-0.1, -0.05) is 13.5 Å². The molecular weight excluding hydrogens is 164 g/mol. The molecule has 72 valence electrons. The Morgan fingerprint density at radius 2 is 2.38 bits per heavy atom. The van der Waals surface area contributed by atoms with Gasteiger partial charge in [0.2, 0.25) is 0 Å². The summed E-state index contributed by atoms with van der Waals surface area (Å²) < 4.78 is 0. The molecule has 1 rings (SSSR count). The van der Waals surface area contributed by atoms with Gasteiger partial charge in [-0.2, -0.15) is 5.10 Å². The van der Waals surface area contributed by atoms with E-state index in [9.17, 15) is 0 Å². The van der Waals surface area contributed by atoms with Crippen molar-refractivity contribution >= 4 is 0 Å². The number of aryl methyl sites for hydroxylation is 1. The lowest BCUT2D eigenvalue weighted by Gasteiger charge is -2.12. The first kappa shape index (κ1) is 9.77. The average Bonchev–Trinajstić information content (AvgIpc) is 2.51. The minimum atomic E-state index is 0.123. The van der Waals surface area contributed by atoms with Crippen LogP contribution in [-0.2, 0) is 0 Å². The van der Waals surface area contributed by atoms with Crippen molar-refractivity contribution in [1.29, 1.82) is 0 Å². The van der Waals surface area contributed by atoms with E-state index in [2.05, 4.69) is 34.0 Å². The van der Waals surface area contributed by atoms with E-state index >= 15 is 0 Å². The Morgan fingerprint density at radius 3 is 2.85 bits per heavy atom. The first-order valence-electron chi connectivity index (χ1n) is 4.46. The Kier molecular flexibility index (Phi) is 3.06. The van der Waals surface area contributed by atoms with E-state index in [4.69, 9.17) is 0 Å². The highest BCUT2D eigenvalue weighted by molar-refractivity contribution is 5.00. The minimum absolute atomic E-state index is 0.123. The summed E-state index contributed by atoms with van der Waals surface area (Å²) in [6, 6.07) is 0.123. The second-order valence-electron chi connectivity index (χ2n) is 3.10. The van der Waals surface area contributed by atoms with Crippen LogP contribution in [-0.4, -0.2) is 15.2 Å². The minimum Gasteiger partial charge on any atom is -0.379 e. The highest BCUT2D eigenvalue weighted by Gasteiger charge is 2.09. The van der Waals surface area contributed by atoms with Crippen molar-refractivity contribution < 1.29 is 0 Å². The van der Waals surface area contributed by atoms with Gasteiger partial charge in [0, 0.05) is 5.70 Å². The molecule has 0 spiro atoms. The fraction of sp³-hybridized carbons (Fsp3) is 0.556. The normalized spacial score (nSPS) is 12.5. The molecule has 0 radical (unpaired) electrons. The summed E-state index contributed by atoms with van der Waals surface area (Å²) in [5.41, 5.74) is 1.01. The van der Waals surface area contributed by atoms with Gasteiger partial charge in [0.25, 0.3) is 0 Å². The van der Waals surface area contributed by atoms with Crippen LogP contribution in [0, 0.1) is 6.92 Å². The van der Waals surface area contributed by atoms with Gasteiger partial charge >= 0.3 is 0 Å². The summed E-state index contributed by atoms with van der Waals surface area (Å²) in [4.78, 5) is 4.23. The van der Waals surface area contributed by atoms with E-state index in [1.165, 1.54) is 0 Å². The molecule has 4 heteroatoms. The predicted molar refractivity (Wildman–Crippen MR) is 52.1 cm³/mol. The van der Waals surface area contributed by atoms with Gasteiger partial charge < -0.3 is 5.32 Å². The first-order valence-corrected chi connectivity index (χ1v) is 4.46. The van der Waals surface area contributed by atoms with Gasteiger partial charge in [0.1, 0.15) is 5.82 Å². The van der Waals surface area contributed by atoms with E-state index in [1.54, 1.807) is 0 Å². The fourth-order valence-corrected chi connectivity index (χ4v) is 1.03. The molecule has 4 nitrogen and oxygen atoms in total. The molecule has 0 saturated carbocycles.